The van der Waals surface area contributed by atoms with E-state index in [9.17, 15) is 18.0 Å². The van der Waals surface area contributed by atoms with Crippen LogP contribution in [0.1, 0.15) is 37.6 Å². The average Bonchev–Trinajstić information content (AvgIpc) is 3.12. The monoisotopic (exact) mass is 421 g/mol. The molecule has 2 rings (SSSR count). The second-order valence-corrected chi connectivity index (χ2v) is 9.66. The highest BCUT2D eigenvalue weighted by Crippen LogP contribution is 2.63. The van der Waals surface area contributed by atoms with Crippen LogP contribution < -0.4 is 10.9 Å². The Hall–Kier alpha value is -1.35. The van der Waals surface area contributed by atoms with Gasteiger partial charge in [-0.15, -0.1) is 23.2 Å². The van der Waals surface area contributed by atoms with Gasteiger partial charge in [0.2, 0.25) is 15.9 Å². The van der Waals surface area contributed by atoms with E-state index in [1.165, 1.54) is 28.6 Å². The van der Waals surface area contributed by atoms with Crippen molar-refractivity contribution >= 4 is 45.0 Å². The molecule has 1 unspecified atom stereocenters. The van der Waals surface area contributed by atoms with Gasteiger partial charge >= 0.3 is 0 Å². The Morgan fingerprint density at radius 3 is 2.27 bits per heavy atom. The number of carbonyl (C=O) groups is 2. The van der Waals surface area contributed by atoms with E-state index in [2.05, 4.69) is 10.9 Å². The molecule has 144 valence electrons. The van der Waals surface area contributed by atoms with Crippen molar-refractivity contribution in [2.75, 3.05) is 13.1 Å². The third-order valence-electron chi connectivity index (χ3n) is 4.49. The lowest BCUT2D eigenvalue weighted by atomic mass is 10.1. The average molecular weight is 422 g/mol. The molecule has 0 spiro atoms. The Kier molecular flexibility index (Phi) is 5.92. The van der Waals surface area contributed by atoms with Gasteiger partial charge < -0.3 is 0 Å². The first kappa shape index (κ1) is 21.0. The first-order valence-corrected chi connectivity index (χ1v) is 10.3. The molecular weight excluding hydrogens is 401 g/mol. The number of benzene rings is 1. The van der Waals surface area contributed by atoms with Gasteiger partial charge in [-0.1, -0.05) is 19.9 Å². The molecule has 2 N–H and O–H groups in total. The molecule has 1 aliphatic rings. The highest BCUT2D eigenvalue weighted by Gasteiger charge is 2.68. The Balaban J connectivity index is 2.10. The van der Waals surface area contributed by atoms with E-state index in [0.29, 0.717) is 13.1 Å². The van der Waals surface area contributed by atoms with Gasteiger partial charge in [0.1, 0.15) is 4.33 Å². The number of nitrogens with one attached hydrogen (secondary N) is 2. The smallest absolute Gasteiger partial charge is 0.269 e. The molecule has 0 radical (unpaired) electrons. The summed E-state index contributed by atoms with van der Waals surface area (Å²) in [7, 11) is -3.69. The lowest BCUT2D eigenvalue weighted by Gasteiger charge is -2.19. The van der Waals surface area contributed by atoms with Crippen LogP contribution in [0.4, 0.5) is 0 Å². The van der Waals surface area contributed by atoms with Gasteiger partial charge in [0.05, 0.1) is 10.3 Å². The fourth-order valence-corrected chi connectivity index (χ4v) is 4.69. The van der Waals surface area contributed by atoms with Gasteiger partial charge in [-0.2, -0.15) is 4.31 Å². The van der Waals surface area contributed by atoms with E-state index in [-0.39, 0.29) is 16.9 Å². The molecule has 1 aromatic carbocycles. The number of nitrogens with zero attached hydrogens (tertiary/aromatic N) is 1. The maximum absolute atomic E-state index is 12.5. The zero-order valence-electron chi connectivity index (χ0n) is 14.7. The molecule has 7 nitrogen and oxygen atoms in total. The molecule has 1 aliphatic carbocycles. The molecule has 1 fully saturated rings. The summed E-state index contributed by atoms with van der Waals surface area (Å²) in [6, 6.07) is 5.61. The topological polar surface area (TPSA) is 95.6 Å². The van der Waals surface area contributed by atoms with Gasteiger partial charge in [0.25, 0.3) is 5.91 Å². The van der Waals surface area contributed by atoms with Crippen LogP contribution in [0.15, 0.2) is 29.2 Å². The number of alkyl halides is 2. The van der Waals surface area contributed by atoms with E-state index in [1.54, 1.807) is 20.8 Å². The van der Waals surface area contributed by atoms with Crippen LogP contribution in [-0.2, 0) is 14.8 Å². The van der Waals surface area contributed by atoms with Gasteiger partial charge in [-0.25, -0.2) is 8.42 Å². The number of halogens is 2. The summed E-state index contributed by atoms with van der Waals surface area (Å²) in [6.45, 7) is 5.70. The second-order valence-electron chi connectivity index (χ2n) is 6.24. The van der Waals surface area contributed by atoms with Crippen molar-refractivity contribution in [1.82, 2.24) is 15.2 Å². The second kappa shape index (κ2) is 7.34. The first-order valence-electron chi connectivity index (χ1n) is 8.08. The number of rotatable bonds is 6. The van der Waals surface area contributed by atoms with Gasteiger partial charge in [0.15, 0.2) is 0 Å². The largest absolute Gasteiger partial charge is 0.273 e. The molecule has 1 atom stereocenters. The minimum Gasteiger partial charge on any atom is -0.273 e. The number of carbonyl (C=O) groups excluding carboxylic acids is 2. The Labute approximate surface area is 163 Å². The fraction of sp³-hybridized carbons (Fsp3) is 0.500. The maximum Gasteiger partial charge on any atom is 0.269 e. The first-order chi connectivity index (χ1) is 12.0. The van der Waals surface area contributed by atoms with Crippen molar-refractivity contribution in [3.8, 4) is 0 Å². The Morgan fingerprint density at radius 1 is 1.19 bits per heavy atom. The van der Waals surface area contributed by atoms with Crippen LogP contribution in [0.25, 0.3) is 0 Å². The Bertz CT molecular complexity index is 825. The van der Waals surface area contributed by atoms with Crippen LogP contribution in [0.5, 0.6) is 0 Å². The SMILES string of the molecule is CCN(CC)S(=O)(=O)c1cccc(C(=O)NNC(=O)C2(C)CC2(Cl)Cl)c1. The molecule has 26 heavy (non-hydrogen) atoms. The third kappa shape index (κ3) is 3.83. The minimum atomic E-state index is -3.69. The summed E-state index contributed by atoms with van der Waals surface area (Å²) in [5, 5.41) is 0. The standard InChI is InChI=1S/C16H21Cl2N3O4S/c1-4-21(5-2)26(24,25)12-8-6-7-11(9-12)13(22)19-20-14(23)15(3)10-16(15,17)18/h6-9H,4-5,10H2,1-3H3,(H,19,22)(H,20,23). The summed E-state index contributed by atoms with van der Waals surface area (Å²) in [6.07, 6.45) is 0.280. The van der Waals surface area contributed by atoms with Crippen LogP contribution in [0.2, 0.25) is 0 Å². The molecule has 0 heterocycles. The van der Waals surface area contributed by atoms with Gasteiger partial charge in [-0.05, 0) is 31.5 Å². The molecule has 1 aromatic rings. The molecule has 0 aliphatic heterocycles. The van der Waals surface area contributed by atoms with E-state index < -0.39 is 31.6 Å². The number of hydrogen-bond donors (Lipinski definition) is 2. The van der Waals surface area contributed by atoms with Crippen molar-refractivity contribution in [3.63, 3.8) is 0 Å². The zero-order chi connectivity index (χ0) is 19.8. The molecule has 2 amide bonds. The fourth-order valence-electron chi connectivity index (χ4n) is 2.48. The number of sulfonamides is 1. The molecule has 0 saturated heterocycles. The predicted molar refractivity (Wildman–Crippen MR) is 99.3 cm³/mol. The molecular formula is C16H21Cl2N3O4S. The zero-order valence-corrected chi connectivity index (χ0v) is 17.0. The maximum atomic E-state index is 12.5. The van der Waals surface area contributed by atoms with Crippen molar-refractivity contribution < 1.29 is 18.0 Å². The third-order valence-corrected chi connectivity index (χ3v) is 7.64. The highest BCUT2D eigenvalue weighted by atomic mass is 35.5. The molecule has 0 bridgehead atoms. The summed E-state index contributed by atoms with van der Waals surface area (Å²) in [5.41, 5.74) is 3.65. The van der Waals surface area contributed by atoms with Gasteiger partial charge in [-0.3, -0.25) is 20.4 Å². The van der Waals surface area contributed by atoms with Crippen molar-refractivity contribution in [2.45, 2.75) is 36.4 Å². The van der Waals surface area contributed by atoms with E-state index in [0.717, 1.165) is 0 Å². The number of amides is 2. The quantitative estimate of drug-likeness (QED) is 0.542. The number of hydrogen-bond acceptors (Lipinski definition) is 4. The lowest BCUT2D eigenvalue weighted by Crippen LogP contribution is -2.45. The van der Waals surface area contributed by atoms with E-state index in [4.69, 9.17) is 23.2 Å². The molecule has 10 heteroatoms. The van der Waals surface area contributed by atoms with E-state index in [1.807, 2.05) is 0 Å². The van der Waals surface area contributed by atoms with Crippen molar-refractivity contribution in [1.29, 1.82) is 0 Å². The van der Waals surface area contributed by atoms with Crippen molar-refractivity contribution in [2.24, 2.45) is 5.41 Å². The number of hydrazine groups is 1. The normalized spacial score (nSPS) is 21.3. The van der Waals surface area contributed by atoms with Crippen LogP contribution >= 0.6 is 23.2 Å². The summed E-state index contributed by atoms with van der Waals surface area (Å²) >= 11 is 11.8. The lowest BCUT2D eigenvalue weighted by molar-refractivity contribution is -0.126. The molecule has 1 saturated carbocycles. The Morgan fingerprint density at radius 2 is 1.77 bits per heavy atom. The van der Waals surface area contributed by atoms with Crippen LogP contribution in [-0.4, -0.2) is 42.0 Å². The highest BCUT2D eigenvalue weighted by molar-refractivity contribution is 7.89. The van der Waals surface area contributed by atoms with Crippen LogP contribution in [0.3, 0.4) is 0 Å². The van der Waals surface area contributed by atoms with E-state index >= 15 is 0 Å². The predicted octanol–water partition coefficient (Wildman–Crippen LogP) is 2.06. The minimum absolute atomic E-state index is 0.00913. The molecule has 0 aromatic heterocycles. The summed E-state index contributed by atoms with van der Waals surface area (Å²) < 4.78 is 25.2. The van der Waals surface area contributed by atoms with Gasteiger partial charge in [0, 0.05) is 18.7 Å². The van der Waals surface area contributed by atoms with Crippen LogP contribution in [0, 0.1) is 5.41 Å². The summed E-state index contributed by atoms with van der Waals surface area (Å²) in [5.74, 6) is -1.16. The van der Waals surface area contributed by atoms with Crippen molar-refractivity contribution in [3.05, 3.63) is 29.8 Å². The summed E-state index contributed by atoms with van der Waals surface area (Å²) in [4.78, 5) is 24.3.